The van der Waals surface area contributed by atoms with Crippen LogP contribution in [0, 0.1) is 55.8 Å². The number of nitriles is 1. The molecule has 0 spiro atoms. The van der Waals surface area contributed by atoms with Gasteiger partial charge in [0, 0.05) is 40.9 Å². The Morgan fingerprint density at radius 3 is 2.05 bits per heavy atom. The lowest BCUT2D eigenvalue weighted by Gasteiger charge is -2.30. The Morgan fingerprint density at radius 2 is 1.48 bits per heavy atom. The van der Waals surface area contributed by atoms with Gasteiger partial charge in [-0.15, -0.1) is 0 Å². The molecule has 3 aromatic rings. The molecule has 0 atom stereocenters. The average Bonchev–Trinajstić information content (AvgIpc) is 2.90. The Hall–Kier alpha value is -4.79. The maximum atomic E-state index is 12.8. The number of hydrogen-bond donors (Lipinski definition) is 0. The zero-order valence-corrected chi connectivity index (χ0v) is 24.0. The van der Waals surface area contributed by atoms with Gasteiger partial charge in [0.25, 0.3) is 0 Å². The first kappa shape index (κ1) is 28.2. The second-order valence-corrected chi connectivity index (χ2v) is 10.9. The number of amides is 1. The third-order valence-electron chi connectivity index (χ3n) is 6.27. The van der Waals surface area contributed by atoms with Crippen molar-refractivity contribution in [3.8, 4) is 29.8 Å². The molecule has 1 aliphatic rings. The highest BCUT2D eigenvalue weighted by atomic mass is 16.6. The largest absolute Gasteiger partial charge is 0.443 e. The molecular weight excluding hydrogens is 494 g/mol. The van der Waals surface area contributed by atoms with Crippen LogP contribution in [0.25, 0.3) is 0 Å². The second kappa shape index (κ2) is 11.9. The highest BCUT2D eigenvalue weighted by Gasteiger charge is 2.28. The molecule has 4 rings (SSSR count). The lowest BCUT2D eigenvalue weighted by molar-refractivity contribution is 0.0364. The highest BCUT2D eigenvalue weighted by Crippen LogP contribution is 2.19. The lowest BCUT2D eigenvalue weighted by Crippen LogP contribution is -2.44. The number of hydrogen-bond acceptors (Lipinski definition) is 4. The molecule has 0 radical (unpaired) electrons. The molecule has 0 N–H and O–H groups in total. The third-order valence-corrected chi connectivity index (χ3v) is 6.27. The Balaban J connectivity index is 1.56. The molecule has 5 nitrogen and oxygen atoms in total. The normalized spacial score (nSPS) is 12.7. The summed E-state index contributed by atoms with van der Waals surface area (Å²) in [5.74, 6) is 13.7. The van der Waals surface area contributed by atoms with Crippen LogP contribution in [0.2, 0.25) is 0 Å². The summed E-state index contributed by atoms with van der Waals surface area (Å²) < 4.78 is 5.61. The molecule has 0 fully saturated rings. The Bertz CT molecular complexity index is 1660. The fraction of sp³-hybridized carbons (Fsp3) is 0.286. The predicted octanol–water partition coefficient (Wildman–Crippen LogP) is 6.67. The minimum Gasteiger partial charge on any atom is -0.443 e. The second-order valence-electron chi connectivity index (χ2n) is 10.9. The average molecular weight is 528 g/mol. The quantitative estimate of drug-likeness (QED) is 0.332. The fourth-order valence-electron chi connectivity index (χ4n) is 4.37. The molecule has 5 heteroatoms. The van der Waals surface area contributed by atoms with Crippen molar-refractivity contribution in [2.75, 3.05) is 13.1 Å². The Kier molecular flexibility index (Phi) is 8.43. The lowest BCUT2D eigenvalue weighted by atomic mass is 10.0. The molecule has 0 bridgehead atoms. The minimum atomic E-state index is -0.571. The number of amidine groups is 1. The van der Waals surface area contributed by atoms with Gasteiger partial charge in [-0.3, -0.25) is 9.89 Å². The Labute approximate surface area is 237 Å². The van der Waals surface area contributed by atoms with Gasteiger partial charge in [0.15, 0.2) is 0 Å². The van der Waals surface area contributed by atoms with Crippen molar-refractivity contribution >= 4 is 11.9 Å². The van der Waals surface area contributed by atoms with Gasteiger partial charge in [-0.2, -0.15) is 5.26 Å². The molecule has 0 aliphatic carbocycles. The molecule has 0 unspecified atom stereocenters. The zero-order chi connectivity index (χ0) is 28.9. The van der Waals surface area contributed by atoms with Crippen LogP contribution in [-0.2, 0) is 4.74 Å². The van der Waals surface area contributed by atoms with Crippen LogP contribution in [0.1, 0.15) is 77.3 Å². The highest BCUT2D eigenvalue weighted by molar-refractivity contribution is 6.07. The monoisotopic (exact) mass is 527 g/mol. The first-order valence-electron chi connectivity index (χ1n) is 13.3. The first-order valence-corrected chi connectivity index (χ1v) is 13.3. The van der Waals surface area contributed by atoms with Gasteiger partial charge in [0.1, 0.15) is 11.4 Å². The first-order chi connectivity index (χ1) is 19.0. The van der Waals surface area contributed by atoms with Crippen molar-refractivity contribution < 1.29 is 9.53 Å². The number of benzene rings is 3. The molecule has 40 heavy (non-hydrogen) atoms. The molecule has 1 heterocycles. The maximum absolute atomic E-state index is 12.8. The topological polar surface area (TPSA) is 65.7 Å². The summed E-state index contributed by atoms with van der Waals surface area (Å²) in [6, 6.07) is 19.7. The van der Waals surface area contributed by atoms with Gasteiger partial charge in [0.2, 0.25) is 0 Å². The third kappa shape index (κ3) is 7.19. The van der Waals surface area contributed by atoms with Gasteiger partial charge >= 0.3 is 6.09 Å². The minimum absolute atomic E-state index is 0.375. The summed E-state index contributed by atoms with van der Waals surface area (Å²) in [7, 11) is 0. The standard InChI is InChI=1S/C35H33N3O2/c1-24-18-27(8-11-30-13-10-29(23-36)20-25(30)2)22-28(19-24)9-12-31-14-15-32(21-26(31)3)33-37-16-7-17-38(33)34(39)40-35(4,5)6/h10,13-15,18-22H,7,16-17H2,1-6H3. The fourth-order valence-corrected chi connectivity index (χ4v) is 4.37. The van der Waals surface area contributed by atoms with Crippen LogP contribution in [-0.4, -0.2) is 35.5 Å². The van der Waals surface area contributed by atoms with E-state index in [1.807, 2.05) is 90.1 Å². The van der Waals surface area contributed by atoms with E-state index in [2.05, 4.69) is 34.7 Å². The van der Waals surface area contributed by atoms with Crippen LogP contribution in [0.5, 0.6) is 0 Å². The van der Waals surface area contributed by atoms with E-state index in [0.717, 1.165) is 50.9 Å². The maximum Gasteiger partial charge on any atom is 0.416 e. The molecular formula is C35H33N3O2. The van der Waals surface area contributed by atoms with E-state index in [4.69, 9.17) is 10.00 Å². The SMILES string of the molecule is Cc1cc(C#Cc2ccc(C#N)cc2C)cc(C#Cc2ccc(C3=NCCCN3C(=O)OC(C)(C)C)cc2C)c1. The van der Waals surface area contributed by atoms with Crippen molar-refractivity contribution in [2.45, 2.75) is 53.6 Å². The van der Waals surface area contributed by atoms with Gasteiger partial charge in [0.05, 0.1) is 11.6 Å². The van der Waals surface area contributed by atoms with E-state index in [1.165, 1.54) is 0 Å². The molecule has 0 saturated carbocycles. The van der Waals surface area contributed by atoms with Crippen molar-refractivity contribution in [3.63, 3.8) is 0 Å². The summed E-state index contributed by atoms with van der Waals surface area (Å²) >= 11 is 0. The molecule has 0 aromatic heterocycles. The molecule has 1 amide bonds. The summed E-state index contributed by atoms with van der Waals surface area (Å²) in [6.45, 7) is 12.9. The molecule has 0 saturated heterocycles. The van der Waals surface area contributed by atoms with E-state index in [0.29, 0.717) is 24.5 Å². The van der Waals surface area contributed by atoms with Gasteiger partial charge < -0.3 is 4.74 Å². The van der Waals surface area contributed by atoms with E-state index in [1.54, 1.807) is 11.0 Å². The van der Waals surface area contributed by atoms with Crippen LogP contribution >= 0.6 is 0 Å². The Morgan fingerprint density at radius 1 is 0.850 bits per heavy atom. The number of carbonyl (C=O) groups excluding carboxylic acids is 1. The molecule has 200 valence electrons. The van der Waals surface area contributed by atoms with E-state index >= 15 is 0 Å². The molecule has 3 aromatic carbocycles. The smallest absolute Gasteiger partial charge is 0.416 e. The summed E-state index contributed by atoms with van der Waals surface area (Å²) in [5.41, 5.74) is 7.58. The van der Waals surface area contributed by atoms with Gasteiger partial charge in [-0.1, -0.05) is 29.7 Å². The number of rotatable bonds is 1. The number of aryl methyl sites for hydroxylation is 3. The van der Waals surface area contributed by atoms with E-state index in [-0.39, 0.29) is 6.09 Å². The van der Waals surface area contributed by atoms with Crippen molar-refractivity contribution in [3.05, 3.63) is 105 Å². The number of nitrogens with zero attached hydrogens (tertiary/aromatic N) is 3. The number of carbonyl (C=O) groups is 1. The van der Waals surface area contributed by atoms with Crippen LogP contribution in [0.15, 0.2) is 59.6 Å². The van der Waals surface area contributed by atoms with Crippen molar-refractivity contribution in [2.24, 2.45) is 4.99 Å². The van der Waals surface area contributed by atoms with Crippen molar-refractivity contribution in [1.29, 1.82) is 5.26 Å². The van der Waals surface area contributed by atoms with Crippen LogP contribution in [0.4, 0.5) is 4.79 Å². The predicted molar refractivity (Wildman–Crippen MR) is 159 cm³/mol. The van der Waals surface area contributed by atoms with Crippen LogP contribution < -0.4 is 0 Å². The van der Waals surface area contributed by atoms with E-state index < -0.39 is 5.60 Å². The van der Waals surface area contributed by atoms with Gasteiger partial charge in [-0.25, -0.2) is 4.79 Å². The van der Waals surface area contributed by atoms with Gasteiger partial charge in [-0.05, 0) is 113 Å². The van der Waals surface area contributed by atoms with E-state index in [9.17, 15) is 4.79 Å². The summed E-state index contributed by atoms with van der Waals surface area (Å²) in [4.78, 5) is 19.1. The zero-order valence-electron chi connectivity index (χ0n) is 24.0. The van der Waals surface area contributed by atoms with Crippen LogP contribution in [0.3, 0.4) is 0 Å². The molecule has 1 aliphatic heterocycles. The number of ether oxygens (including phenoxy) is 1. The van der Waals surface area contributed by atoms with Crippen molar-refractivity contribution in [1.82, 2.24) is 4.90 Å². The summed E-state index contributed by atoms with van der Waals surface area (Å²) in [5, 5.41) is 9.09. The number of aliphatic imine (C=N–C) groups is 1. The summed E-state index contributed by atoms with van der Waals surface area (Å²) in [6.07, 6.45) is 0.432.